The molecule has 2 nitrogen and oxygen atoms in total. The number of nitrogens with two attached hydrogens (primary N) is 1. The van der Waals surface area contributed by atoms with Crippen LogP contribution in [0.1, 0.15) is 30.5 Å². The highest BCUT2D eigenvalue weighted by molar-refractivity contribution is 5.39. The van der Waals surface area contributed by atoms with Gasteiger partial charge in [0.15, 0.2) is 0 Å². The number of halogens is 3. The first-order valence-corrected chi connectivity index (χ1v) is 5.00. The van der Waals surface area contributed by atoms with Crippen molar-refractivity contribution in [2.45, 2.75) is 32.0 Å². The lowest BCUT2D eigenvalue weighted by molar-refractivity contribution is -0.149. The van der Waals surface area contributed by atoms with Gasteiger partial charge in [0.25, 0.3) is 0 Å². The Labute approximate surface area is 91.9 Å². The van der Waals surface area contributed by atoms with E-state index in [1.165, 1.54) is 12.1 Å². The van der Waals surface area contributed by atoms with Crippen molar-refractivity contribution in [2.24, 2.45) is 5.73 Å². The summed E-state index contributed by atoms with van der Waals surface area (Å²) < 4.78 is 37.2. The van der Waals surface area contributed by atoms with E-state index in [4.69, 9.17) is 5.73 Å². The van der Waals surface area contributed by atoms with Crippen LogP contribution in [-0.2, 0) is 6.42 Å². The Kier molecular flexibility index (Phi) is 3.80. The molecule has 0 aliphatic rings. The predicted octanol–water partition coefficient (Wildman–Crippen LogP) is 2.91. The van der Waals surface area contributed by atoms with Crippen LogP contribution in [0.3, 0.4) is 0 Å². The lowest BCUT2D eigenvalue weighted by Gasteiger charge is -2.17. The van der Waals surface area contributed by atoms with Crippen molar-refractivity contribution >= 4 is 0 Å². The molecule has 0 amide bonds. The summed E-state index contributed by atoms with van der Waals surface area (Å²) in [5, 5.41) is 9.36. The van der Waals surface area contributed by atoms with Crippen molar-refractivity contribution in [2.75, 3.05) is 0 Å². The first kappa shape index (κ1) is 12.8. The maximum Gasteiger partial charge on any atom is 0.407 e. The molecule has 0 spiro atoms. The number of hydrogen-bond acceptors (Lipinski definition) is 2. The Hall–Kier alpha value is -1.23. The second-order valence-electron chi connectivity index (χ2n) is 3.66. The fraction of sp³-hybridized carbons (Fsp3) is 0.455. The second kappa shape index (κ2) is 4.74. The van der Waals surface area contributed by atoms with E-state index in [-0.39, 0.29) is 5.56 Å². The maximum absolute atomic E-state index is 12.4. The summed E-state index contributed by atoms with van der Waals surface area (Å²) in [6, 6.07) is 2.04. The lowest BCUT2D eigenvalue weighted by atomic mass is 10.0. The van der Waals surface area contributed by atoms with E-state index in [1.807, 2.05) is 6.92 Å². The standard InChI is InChI=1S/C11H14F3NO/c1-2-3-7-4-5-9(16)8(6-7)10(15)11(12,13)14/h4-6,10,16H,2-3,15H2,1H3/t10-/m1/s1. The van der Waals surface area contributed by atoms with Gasteiger partial charge in [-0.25, -0.2) is 0 Å². The number of benzene rings is 1. The Morgan fingerprint density at radius 1 is 1.38 bits per heavy atom. The summed E-state index contributed by atoms with van der Waals surface area (Å²) in [6.45, 7) is 1.93. The molecule has 5 heteroatoms. The highest BCUT2D eigenvalue weighted by Crippen LogP contribution is 2.35. The number of aryl methyl sites for hydroxylation is 1. The lowest BCUT2D eigenvalue weighted by Crippen LogP contribution is -2.28. The number of phenols is 1. The minimum Gasteiger partial charge on any atom is -0.508 e. The zero-order valence-corrected chi connectivity index (χ0v) is 8.88. The summed E-state index contributed by atoms with van der Waals surface area (Å²) >= 11 is 0. The van der Waals surface area contributed by atoms with Gasteiger partial charge in [0, 0.05) is 5.56 Å². The molecule has 1 atom stereocenters. The monoisotopic (exact) mass is 233 g/mol. The maximum atomic E-state index is 12.4. The highest BCUT2D eigenvalue weighted by Gasteiger charge is 2.39. The topological polar surface area (TPSA) is 46.2 Å². The number of hydrogen-bond donors (Lipinski definition) is 2. The van der Waals surface area contributed by atoms with Crippen molar-refractivity contribution in [1.82, 2.24) is 0 Å². The van der Waals surface area contributed by atoms with E-state index in [0.29, 0.717) is 6.42 Å². The molecule has 0 aliphatic heterocycles. The Balaban J connectivity index is 3.07. The first-order valence-electron chi connectivity index (χ1n) is 5.00. The fourth-order valence-corrected chi connectivity index (χ4v) is 1.47. The van der Waals surface area contributed by atoms with Crippen LogP contribution in [-0.4, -0.2) is 11.3 Å². The van der Waals surface area contributed by atoms with Crippen molar-refractivity contribution in [3.8, 4) is 5.75 Å². The van der Waals surface area contributed by atoms with Crippen LogP contribution in [0.2, 0.25) is 0 Å². The van der Waals surface area contributed by atoms with Gasteiger partial charge >= 0.3 is 6.18 Å². The summed E-state index contributed by atoms with van der Waals surface area (Å²) in [6.07, 6.45) is -3.05. The summed E-state index contributed by atoms with van der Waals surface area (Å²) in [5.41, 5.74) is 5.53. The Morgan fingerprint density at radius 2 is 2.00 bits per heavy atom. The number of alkyl halides is 3. The Bertz CT molecular complexity index is 363. The molecule has 0 heterocycles. The summed E-state index contributed by atoms with van der Waals surface area (Å²) in [5.74, 6) is -0.412. The van der Waals surface area contributed by atoms with Gasteiger partial charge in [0.05, 0.1) is 0 Å². The summed E-state index contributed by atoms with van der Waals surface area (Å²) in [4.78, 5) is 0. The molecular weight excluding hydrogens is 219 g/mol. The smallest absolute Gasteiger partial charge is 0.407 e. The molecule has 0 fully saturated rings. The van der Waals surface area contributed by atoms with Gasteiger partial charge < -0.3 is 10.8 Å². The average Bonchev–Trinajstić information content (AvgIpc) is 2.19. The third kappa shape index (κ3) is 2.88. The molecular formula is C11H14F3NO. The minimum absolute atomic E-state index is 0.265. The van der Waals surface area contributed by atoms with E-state index in [1.54, 1.807) is 6.07 Å². The average molecular weight is 233 g/mol. The molecule has 0 bridgehead atoms. The Morgan fingerprint density at radius 3 is 2.50 bits per heavy atom. The van der Waals surface area contributed by atoms with Crippen LogP contribution < -0.4 is 5.73 Å². The van der Waals surface area contributed by atoms with Crippen LogP contribution >= 0.6 is 0 Å². The molecule has 0 aromatic heterocycles. The third-order valence-corrected chi connectivity index (χ3v) is 2.32. The van der Waals surface area contributed by atoms with E-state index < -0.39 is 18.0 Å². The van der Waals surface area contributed by atoms with E-state index in [9.17, 15) is 18.3 Å². The molecule has 1 aromatic rings. The third-order valence-electron chi connectivity index (χ3n) is 2.32. The normalized spacial score (nSPS) is 13.8. The fourth-order valence-electron chi connectivity index (χ4n) is 1.47. The number of phenolic OH excluding ortho intramolecular Hbond substituents is 1. The van der Waals surface area contributed by atoms with Gasteiger partial charge in [-0.05, 0) is 18.1 Å². The second-order valence-corrected chi connectivity index (χ2v) is 3.66. The quantitative estimate of drug-likeness (QED) is 0.843. The molecule has 0 saturated carbocycles. The molecule has 16 heavy (non-hydrogen) atoms. The van der Waals surface area contributed by atoms with Gasteiger partial charge in [-0.1, -0.05) is 25.5 Å². The largest absolute Gasteiger partial charge is 0.508 e. The van der Waals surface area contributed by atoms with Gasteiger partial charge in [-0.3, -0.25) is 0 Å². The van der Waals surface area contributed by atoms with Crippen LogP contribution in [0.5, 0.6) is 5.75 Å². The predicted molar refractivity (Wildman–Crippen MR) is 55.1 cm³/mol. The van der Waals surface area contributed by atoms with E-state index >= 15 is 0 Å². The van der Waals surface area contributed by atoms with Crippen molar-refractivity contribution < 1.29 is 18.3 Å². The molecule has 0 unspecified atom stereocenters. The number of aromatic hydroxyl groups is 1. The van der Waals surface area contributed by atoms with Crippen molar-refractivity contribution in [3.63, 3.8) is 0 Å². The van der Waals surface area contributed by atoms with Crippen LogP contribution in [0, 0.1) is 0 Å². The van der Waals surface area contributed by atoms with Gasteiger partial charge in [0.2, 0.25) is 0 Å². The molecule has 3 N–H and O–H groups in total. The van der Waals surface area contributed by atoms with Crippen LogP contribution in [0.4, 0.5) is 13.2 Å². The highest BCUT2D eigenvalue weighted by atomic mass is 19.4. The van der Waals surface area contributed by atoms with E-state index in [0.717, 1.165) is 12.0 Å². The zero-order chi connectivity index (χ0) is 12.3. The first-order chi connectivity index (χ1) is 7.36. The molecule has 0 aliphatic carbocycles. The van der Waals surface area contributed by atoms with Gasteiger partial charge in [-0.15, -0.1) is 0 Å². The van der Waals surface area contributed by atoms with Crippen LogP contribution in [0.25, 0.3) is 0 Å². The summed E-state index contributed by atoms with van der Waals surface area (Å²) in [7, 11) is 0. The molecule has 90 valence electrons. The molecule has 1 aromatic carbocycles. The molecule has 0 radical (unpaired) electrons. The molecule has 0 saturated heterocycles. The zero-order valence-electron chi connectivity index (χ0n) is 8.88. The van der Waals surface area contributed by atoms with Gasteiger partial charge in [-0.2, -0.15) is 13.2 Å². The van der Waals surface area contributed by atoms with Crippen molar-refractivity contribution in [3.05, 3.63) is 29.3 Å². The van der Waals surface area contributed by atoms with Crippen molar-refractivity contribution in [1.29, 1.82) is 0 Å². The molecule has 1 rings (SSSR count). The minimum atomic E-state index is -4.54. The SMILES string of the molecule is CCCc1ccc(O)c([C@@H](N)C(F)(F)F)c1. The number of rotatable bonds is 3. The van der Waals surface area contributed by atoms with E-state index in [2.05, 4.69) is 0 Å². The van der Waals surface area contributed by atoms with Gasteiger partial charge in [0.1, 0.15) is 11.8 Å². The van der Waals surface area contributed by atoms with Crippen LogP contribution in [0.15, 0.2) is 18.2 Å².